The van der Waals surface area contributed by atoms with Crippen LogP contribution in [0.5, 0.6) is 5.75 Å². The highest BCUT2D eigenvalue weighted by atomic mass is 35.5. The normalized spacial score (nSPS) is 11.3. The molecule has 8 heteroatoms. The van der Waals surface area contributed by atoms with E-state index in [9.17, 15) is 13.2 Å². The van der Waals surface area contributed by atoms with Crippen molar-refractivity contribution in [3.8, 4) is 5.75 Å². The van der Waals surface area contributed by atoms with Crippen molar-refractivity contribution in [2.75, 3.05) is 30.9 Å². The third-order valence-electron chi connectivity index (χ3n) is 3.24. The number of hydrogen-bond donors (Lipinski definition) is 1. The second-order valence-corrected chi connectivity index (χ2v) is 7.42. The molecular formula is C15H23ClN2O4S. The van der Waals surface area contributed by atoms with Gasteiger partial charge in [0.25, 0.3) is 0 Å². The second kappa shape index (κ2) is 9.10. The number of rotatable bonds is 9. The number of anilines is 1. The fourth-order valence-electron chi connectivity index (χ4n) is 2.04. The molecule has 1 aromatic rings. The first-order valence-electron chi connectivity index (χ1n) is 7.39. The summed E-state index contributed by atoms with van der Waals surface area (Å²) < 4.78 is 31.3. The van der Waals surface area contributed by atoms with Crippen molar-refractivity contribution < 1.29 is 17.9 Å². The third kappa shape index (κ3) is 6.37. The van der Waals surface area contributed by atoms with Crippen molar-refractivity contribution in [3.63, 3.8) is 0 Å². The van der Waals surface area contributed by atoms with Gasteiger partial charge in [-0.2, -0.15) is 0 Å². The van der Waals surface area contributed by atoms with E-state index in [1.807, 2.05) is 6.92 Å². The standard InChI is InChI=1S/C15H23ClN2O4S/c1-4-5-10-23(20,21)17-8-9-18(12(2)19)14-11-13(16)6-7-15(14)22-3/h6-7,11,17H,4-5,8-10H2,1-3H3. The van der Waals surface area contributed by atoms with Gasteiger partial charge in [0.1, 0.15) is 5.75 Å². The minimum atomic E-state index is -3.32. The molecular weight excluding hydrogens is 340 g/mol. The van der Waals surface area contributed by atoms with E-state index in [2.05, 4.69) is 4.72 Å². The lowest BCUT2D eigenvalue weighted by Crippen LogP contribution is -2.38. The highest BCUT2D eigenvalue weighted by Crippen LogP contribution is 2.31. The molecule has 0 aliphatic heterocycles. The number of methoxy groups -OCH3 is 1. The largest absolute Gasteiger partial charge is 0.495 e. The zero-order valence-corrected chi connectivity index (χ0v) is 15.2. The number of amides is 1. The number of halogens is 1. The van der Waals surface area contributed by atoms with Gasteiger partial charge in [0, 0.05) is 25.0 Å². The van der Waals surface area contributed by atoms with Crippen LogP contribution in [0.15, 0.2) is 18.2 Å². The summed E-state index contributed by atoms with van der Waals surface area (Å²) in [5, 5.41) is 0.468. The molecule has 0 aromatic heterocycles. The number of hydrogen-bond acceptors (Lipinski definition) is 4. The Bertz CT molecular complexity index is 634. The zero-order valence-electron chi connectivity index (χ0n) is 13.6. The zero-order chi connectivity index (χ0) is 17.5. The molecule has 0 aliphatic carbocycles. The molecule has 0 saturated heterocycles. The van der Waals surface area contributed by atoms with Crippen LogP contribution in [-0.2, 0) is 14.8 Å². The lowest BCUT2D eigenvalue weighted by Gasteiger charge is -2.23. The van der Waals surface area contributed by atoms with Crippen molar-refractivity contribution >= 4 is 33.2 Å². The SMILES string of the molecule is CCCCS(=O)(=O)NCCN(C(C)=O)c1cc(Cl)ccc1OC. The summed E-state index contributed by atoms with van der Waals surface area (Å²) in [5.74, 6) is 0.362. The quantitative estimate of drug-likeness (QED) is 0.732. The van der Waals surface area contributed by atoms with Crippen molar-refractivity contribution in [1.82, 2.24) is 4.72 Å². The number of ether oxygens (including phenoxy) is 1. The Morgan fingerprint density at radius 1 is 1.39 bits per heavy atom. The molecule has 1 amide bonds. The van der Waals surface area contributed by atoms with Crippen LogP contribution in [0.1, 0.15) is 26.7 Å². The third-order valence-corrected chi connectivity index (χ3v) is 4.94. The van der Waals surface area contributed by atoms with E-state index < -0.39 is 10.0 Å². The lowest BCUT2D eigenvalue weighted by molar-refractivity contribution is -0.116. The van der Waals surface area contributed by atoms with E-state index >= 15 is 0 Å². The maximum Gasteiger partial charge on any atom is 0.224 e. The highest BCUT2D eigenvalue weighted by molar-refractivity contribution is 7.89. The summed E-state index contributed by atoms with van der Waals surface area (Å²) in [7, 11) is -1.82. The lowest BCUT2D eigenvalue weighted by atomic mass is 10.2. The van der Waals surface area contributed by atoms with Gasteiger partial charge in [-0.25, -0.2) is 13.1 Å². The molecule has 0 unspecified atom stereocenters. The Hall–Kier alpha value is -1.31. The number of unbranched alkanes of at least 4 members (excludes halogenated alkanes) is 1. The van der Waals surface area contributed by atoms with Crippen LogP contribution in [0.3, 0.4) is 0 Å². The first-order valence-corrected chi connectivity index (χ1v) is 9.42. The van der Waals surface area contributed by atoms with Crippen LogP contribution in [0, 0.1) is 0 Å². The van der Waals surface area contributed by atoms with E-state index in [0.29, 0.717) is 22.9 Å². The predicted octanol–water partition coefficient (Wildman–Crippen LogP) is 2.42. The molecule has 6 nitrogen and oxygen atoms in total. The van der Waals surface area contributed by atoms with Crippen molar-refractivity contribution in [2.24, 2.45) is 0 Å². The Morgan fingerprint density at radius 3 is 2.65 bits per heavy atom. The first kappa shape index (κ1) is 19.7. The summed E-state index contributed by atoms with van der Waals surface area (Å²) in [6.45, 7) is 3.66. The summed E-state index contributed by atoms with van der Waals surface area (Å²) in [4.78, 5) is 13.3. The van der Waals surface area contributed by atoms with Gasteiger partial charge in [0.2, 0.25) is 15.9 Å². The van der Waals surface area contributed by atoms with Gasteiger partial charge in [-0.3, -0.25) is 4.79 Å². The molecule has 0 heterocycles. The predicted molar refractivity (Wildman–Crippen MR) is 92.7 cm³/mol. The number of sulfonamides is 1. The van der Waals surface area contributed by atoms with Gasteiger partial charge in [0.05, 0.1) is 18.6 Å². The van der Waals surface area contributed by atoms with Crippen LogP contribution in [0.2, 0.25) is 5.02 Å². The number of carbonyl (C=O) groups excluding carboxylic acids is 1. The number of nitrogens with zero attached hydrogens (tertiary/aromatic N) is 1. The maximum atomic E-state index is 11.9. The van der Waals surface area contributed by atoms with Crippen LogP contribution >= 0.6 is 11.6 Å². The summed E-state index contributed by atoms with van der Waals surface area (Å²) >= 11 is 5.98. The summed E-state index contributed by atoms with van der Waals surface area (Å²) in [5.41, 5.74) is 0.514. The van der Waals surface area contributed by atoms with Crippen molar-refractivity contribution in [1.29, 1.82) is 0 Å². The summed E-state index contributed by atoms with van der Waals surface area (Å²) in [6, 6.07) is 4.95. The number of carbonyl (C=O) groups is 1. The Kier molecular flexibility index (Phi) is 7.81. The van der Waals surface area contributed by atoms with Crippen LogP contribution in [0.4, 0.5) is 5.69 Å². The van der Waals surface area contributed by atoms with Gasteiger partial charge < -0.3 is 9.64 Å². The molecule has 23 heavy (non-hydrogen) atoms. The van der Waals surface area contributed by atoms with E-state index in [-0.39, 0.29) is 24.7 Å². The fraction of sp³-hybridized carbons (Fsp3) is 0.533. The number of benzene rings is 1. The topological polar surface area (TPSA) is 75.7 Å². The van der Waals surface area contributed by atoms with Gasteiger partial charge in [-0.1, -0.05) is 24.9 Å². The molecule has 1 aromatic carbocycles. The van der Waals surface area contributed by atoms with Crippen molar-refractivity contribution in [3.05, 3.63) is 23.2 Å². The van der Waals surface area contributed by atoms with Gasteiger partial charge >= 0.3 is 0 Å². The molecule has 0 saturated carbocycles. The molecule has 0 radical (unpaired) electrons. The monoisotopic (exact) mass is 362 g/mol. The average Bonchev–Trinajstić information content (AvgIpc) is 2.49. The first-order chi connectivity index (χ1) is 10.8. The molecule has 0 spiro atoms. The molecule has 0 aliphatic rings. The van der Waals surface area contributed by atoms with E-state index in [0.717, 1.165) is 6.42 Å². The average molecular weight is 363 g/mol. The molecule has 0 fully saturated rings. The van der Waals surface area contributed by atoms with Crippen molar-refractivity contribution in [2.45, 2.75) is 26.7 Å². The van der Waals surface area contributed by atoms with Gasteiger partial charge in [0.15, 0.2) is 0 Å². The minimum absolute atomic E-state index is 0.0874. The molecule has 1 N–H and O–H groups in total. The molecule has 0 atom stereocenters. The Morgan fingerprint density at radius 2 is 2.09 bits per heavy atom. The molecule has 130 valence electrons. The second-order valence-electron chi connectivity index (χ2n) is 5.05. The maximum absolute atomic E-state index is 11.9. The Balaban J connectivity index is 2.81. The molecule has 1 rings (SSSR count). The minimum Gasteiger partial charge on any atom is -0.495 e. The number of nitrogens with one attached hydrogen (secondary N) is 1. The fourth-order valence-corrected chi connectivity index (χ4v) is 3.42. The highest BCUT2D eigenvalue weighted by Gasteiger charge is 2.18. The van der Waals surface area contributed by atoms with Crippen LogP contribution in [-0.4, -0.2) is 40.3 Å². The summed E-state index contributed by atoms with van der Waals surface area (Å²) in [6.07, 6.45) is 1.41. The van der Waals surface area contributed by atoms with Gasteiger partial charge in [-0.15, -0.1) is 0 Å². The van der Waals surface area contributed by atoms with Gasteiger partial charge in [-0.05, 0) is 24.6 Å². The Labute approximate surface area is 142 Å². The van der Waals surface area contributed by atoms with Crippen LogP contribution in [0.25, 0.3) is 0 Å². The smallest absolute Gasteiger partial charge is 0.224 e. The van der Waals surface area contributed by atoms with E-state index in [4.69, 9.17) is 16.3 Å². The molecule has 0 bridgehead atoms. The van der Waals surface area contributed by atoms with E-state index in [1.165, 1.54) is 18.9 Å². The van der Waals surface area contributed by atoms with E-state index in [1.54, 1.807) is 18.2 Å². The van der Waals surface area contributed by atoms with Crippen LogP contribution < -0.4 is 14.4 Å².